The zero-order chi connectivity index (χ0) is 20.9. The number of carbonyl (C=O) groups excluding carboxylic acids is 1. The Bertz CT molecular complexity index is 1010. The van der Waals surface area contributed by atoms with Crippen LogP contribution in [0.5, 0.6) is 11.5 Å². The van der Waals surface area contributed by atoms with Gasteiger partial charge in [0.2, 0.25) is 0 Å². The fraction of sp³-hybridized carbons (Fsp3) is 0.333. The predicted octanol–water partition coefficient (Wildman–Crippen LogP) is 4.09. The normalized spacial score (nSPS) is 13.7. The Labute approximate surface area is 176 Å². The second-order valence-electron chi connectivity index (χ2n) is 7.49. The van der Waals surface area contributed by atoms with Crippen molar-refractivity contribution < 1.29 is 14.3 Å². The Hall–Kier alpha value is -3.28. The maximum absolute atomic E-state index is 13.1. The first-order chi connectivity index (χ1) is 14.7. The van der Waals surface area contributed by atoms with E-state index in [4.69, 9.17) is 9.47 Å². The second kappa shape index (κ2) is 9.03. The molecular weight excluding hydrogens is 378 g/mol. The first-order valence-electron chi connectivity index (χ1n) is 10.4. The third-order valence-corrected chi connectivity index (χ3v) is 5.34. The van der Waals surface area contributed by atoms with Gasteiger partial charge in [0, 0.05) is 12.2 Å². The van der Waals surface area contributed by atoms with Crippen LogP contribution < -0.4 is 14.8 Å². The zero-order valence-corrected chi connectivity index (χ0v) is 17.4. The molecule has 0 radical (unpaired) electrons. The van der Waals surface area contributed by atoms with Crippen LogP contribution in [0, 0.1) is 6.92 Å². The average molecular weight is 405 g/mol. The van der Waals surface area contributed by atoms with Crippen molar-refractivity contribution in [3.8, 4) is 11.5 Å². The molecule has 0 bridgehead atoms. The van der Waals surface area contributed by atoms with Gasteiger partial charge < -0.3 is 14.8 Å². The molecule has 156 valence electrons. The molecule has 0 spiro atoms. The monoisotopic (exact) mass is 405 g/mol. The van der Waals surface area contributed by atoms with Crippen LogP contribution in [0.1, 0.15) is 46.6 Å². The van der Waals surface area contributed by atoms with Gasteiger partial charge in [-0.15, -0.1) is 0 Å². The van der Waals surface area contributed by atoms with Gasteiger partial charge in [0.05, 0.1) is 17.8 Å². The summed E-state index contributed by atoms with van der Waals surface area (Å²) in [5.41, 5.74) is 3.63. The summed E-state index contributed by atoms with van der Waals surface area (Å²) in [7, 11) is 0. The minimum absolute atomic E-state index is 0.120. The highest BCUT2D eigenvalue weighted by atomic mass is 16.6. The van der Waals surface area contributed by atoms with E-state index in [1.807, 2.05) is 48.0 Å². The Morgan fingerprint density at radius 2 is 1.90 bits per heavy atom. The number of nitrogens with zero attached hydrogens (tertiary/aromatic N) is 2. The van der Waals surface area contributed by atoms with Crippen LogP contribution in [0.15, 0.2) is 54.7 Å². The van der Waals surface area contributed by atoms with Crippen molar-refractivity contribution in [1.29, 1.82) is 0 Å². The van der Waals surface area contributed by atoms with Crippen LogP contribution >= 0.6 is 0 Å². The molecule has 0 fully saturated rings. The molecule has 6 nitrogen and oxygen atoms in total. The topological polar surface area (TPSA) is 65.4 Å². The molecule has 1 atom stereocenters. The number of aryl methyl sites for hydroxylation is 1. The van der Waals surface area contributed by atoms with E-state index < -0.39 is 0 Å². The smallest absolute Gasteiger partial charge is 0.255 e. The number of carbonyl (C=O) groups is 1. The highest BCUT2D eigenvalue weighted by Gasteiger charge is 2.22. The minimum Gasteiger partial charge on any atom is -0.486 e. The van der Waals surface area contributed by atoms with E-state index in [1.54, 1.807) is 6.20 Å². The Morgan fingerprint density at radius 1 is 1.13 bits per heavy atom. The largest absolute Gasteiger partial charge is 0.486 e. The molecule has 1 aliphatic heterocycles. The number of hydrogen-bond acceptors (Lipinski definition) is 4. The molecule has 0 saturated heterocycles. The van der Waals surface area contributed by atoms with Gasteiger partial charge in [-0.2, -0.15) is 5.10 Å². The SMILES string of the molecule is CCCn1ncc(C(=O)N[C@@H](Cc2ccccc2)c2ccc3c(c2)OCCO3)c1C. The maximum atomic E-state index is 13.1. The summed E-state index contributed by atoms with van der Waals surface area (Å²) in [6.07, 6.45) is 3.30. The van der Waals surface area contributed by atoms with Crippen molar-refractivity contribution in [2.45, 2.75) is 39.3 Å². The molecule has 1 amide bonds. The second-order valence-corrected chi connectivity index (χ2v) is 7.49. The van der Waals surface area contributed by atoms with Crippen LogP contribution in [0.25, 0.3) is 0 Å². The van der Waals surface area contributed by atoms with Crippen molar-refractivity contribution in [2.24, 2.45) is 0 Å². The lowest BCUT2D eigenvalue weighted by molar-refractivity contribution is 0.0935. The van der Waals surface area contributed by atoms with Gasteiger partial charge >= 0.3 is 0 Å². The number of nitrogens with one attached hydrogen (secondary N) is 1. The van der Waals surface area contributed by atoms with Crippen LogP contribution in [0.2, 0.25) is 0 Å². The molecule has 6 heteroatoms. The van der Waals surface area contributed by atoms with E-state index in [1.165, 1.54) is 0 Å². The molecule has 0 unspecified atom stereocenters. The average Bonchev–Trinajstić information content (AvgIpc) is 3.14. The standard InChI is InChI=1S/C24H27N3O3/c1-3-11-27-17(2)20(16-25-27)24(28)26-21(14-18-7-5-4-6-8-18)19-9-10-22-23(15-19)30-13-12-29-22/h4-10,15-16,21H,3,11-14H2,1-2H3,(H,26,28)/t21-/m0/s1. The van der Waals surface area contributed by atoms with E-state index >= 15 is 0 Å². The van der Waals surface area contributed by atoms with Gasteiger partial charge in [-0.3, -0.25) is 9.48 Å². The number of amides is 1. The summed E-state index contributed by atoms with van der Waals surface area (Å²) >= 11 is 0. The molecule has 1 aliphatic rings. The quantitative estimate of drug-likeness (QED) is 0.643. The third-order valence-electron chi connectivity index (χ3n) is 5.34. The Balaban J connectivity index is 1.61. The molecule has 2 heterocycles. The van der Waals surface area contributed by atoms with Crippen LogP contribution in [-0.2, 0) is 13.0 Å². The molecule has 0 aliphatic carbocycles. The third kappa shape index (κ3) is 4.32. The number of benzene rings is 2. The number of aromatic nitrogens is 2. The van der Waals surface area contributed by atoms with Crippen molar-refractivity contribution >= 4 is 5.91 Å². The van der Waals surface area contributed by atoms with Gasteiger partial charge in [-0.25, -0.2) is 0 Å². The Kier molecular flexibility index (Phi) is 6.02. The van der Waals surface area contributed by atoms with Crippen LogP contribution in [0.3, 0.4) is 0 Å². The minimum atomic E-state index is -0.204. The number of fused-ring (bicyclic) bond motifs is 1. The first-order valence-corrected chi connectivity index (χ1v) is 10.4. The number of ether oxygens (including phenoxy) is 2. The number of rotatable bonds is 7. The summed E-state index contributed by atoms with van der Waals surface area (Å²) in [5, 5.41) is 7.58. The lowest BCUT2D eigenvalue weighted by atomic mass is 9.98. The first kappa shape index (κ1) is 20.0. The molecule has 3 aromatic rings. The molecular formula is C24H27N3O3. The predicted molar refractivity (Wildman–Crippen MR) is 115 cm³/mol. The maximum Gasteiger partial charge on any atom is 0.255 e. The Morgan fingerprint density at radius 3 is 2.67 bits per heavy atom. The highest BCUT2D eigenvalue weighted by Crippen LogP contribution is 2.33. The van der Waals surface area contributed by atoms with Gasteiger partial charge in [-0.05, 0) is 43.0 Å². The van der Waals surface area contributed by atoms with Gasteiger partial charge in [0.15, 0.2) is 11.5 Å². The molecule has 1 N–H and O–H groups in total. The summed E-state index contributed by atoms with van der Waals surface area (Å²) in [5.74, 6) is 1.34. The van der Waals surface area contributed by atoms with Crippen molar-refractivity contribution in [3.63, 3.8) is 0 Å². The van der Waals surface area contributed by atoms with Crippen molar-refractivity contribution in [3.05, 3.63) is 77.1 Å². The summed E-state index contributed by atoms with van der Waals surface area (Å²) in [6.45, 7) is 5.92. The number of hydrogen-bond donors (Lipinski definition) is 1. The van der Waals surface area contributed by atoms with Crippen molar-refractivity contribution in [2.75, 3.05) is 13.2 Å². The van der Waals surface area contributed by atoms with Gasteiger partial charge in [0.1, 0.15) is 13.2 Å². The molecule has 1 aromatic heterocycles. The van der Waals surface area contributed by atoms with E-state index in [0.29, 0.717) is 25.2 Å². The summed E-state index contributed by atoms with van der Waals surface area (Å²) < 4.78 is 13.3. The molecule has 30 heavy (non-hydrogen) atoms. The lowest BCUT2D eigenvalue weighted by Gasteiger charge is -2.23. The van der Waals surface area contributed by atoms with Gasteiger partial charge in [0.25, 0.3) is 5.91 Å². The van der Waals surface area contributed by atoms with E-state index in [-0.39, 0.29) is 11.9 Å². The fourth-order valence-electron chi connectivity index (χ4n) is 3.72. The fourth-order valence-corrected chi connectivity index (χ4v) is 3.72. The molecule has 2 aromatic carbocycles. The van der Waals surface area contributed by atoms with Gasteiger partial charge in [-0.1, -0.05) is 43.3 Å². The zero-order valence-electron chi connectivity index (χ0n) is 17.4. The summed E-state index contributed by atoms with van der Waals surface area (Å²) in [4.78, 5) is 13.1. The van der Waals surface area contributed by atoms with Crippen molar-refractivity contribution in [1.82, 2.24) is 15.1 Å². The highest BCUT2D eigenvalue weighted by molar-refractivity contribution is 5.95. The lowest BCUT2D eigenvalue weighted by Crippen LogP contribution is -2.30. The van der Waals surface area contributed by atoms with Crippen LogP contribution in [0.4, 0.5) is 0 Å². The van der Waals surface area contributed by atoms with E-state index in [9.17, 15) is 4.79 Å². The summed E-state index contributed by atoms with van der Waals surface area (Å²) in [6, 6.07) is 15.8. The van der Waals surface area contributed by atoms with Crippen LogP contribution in [-0.4, -0.2) is 28.9 Å². The van der Waals surface area contributed by atoms with E-state index in [2.05, 4.69) is 29.5 Å². The van der Waals surface area contributed by atoms with E-state index in [0.717, 1.165) is 41.3 Å². The molecule has 0 saturated carbocycles. The molecule has 4 rings (SSSR count).